The minimum Gasteiger partial charge on any atom is -0.494 e. The molecule has 3 N–H and O–H groups in total. The summed E-state index contributed by atoms with van der Waals surface area (Å²) >= 11 is 0. The first kappa shape index (κ1) is 34.6. The quantitative estimate of drug-likeness (QED) is 0.171. The summed E-state index contributed by atoms with van der Waals surface area (Å²) in [5.74, 6) is 0.233. The van der Waals surface area contributed by atoms with Gasteiger partial charge in [0, 0.05) is 28.5 Å². The zero-order valence-electron chi connectivity index (χ0n) is 28.0. The largest absolute Gasteiger partial charge is 0.494 e. The van der Waals surface area contributed by atoms with E-state index in [1.807, 2.05) is 27.7 Å². The Morgan fingerprint density at radius 1 is 1.02 bits per heavy atom. The molecule has 47 heavy (non-hydrogen) atoms. The molecule has 0 saturated carbocycles. The van der Waals surface area contributed by atoms with Crippen LogP contribution in [0.2, 0.25) is 0 Å². The molecule has 3 heterocycles. The number of methoxy groups -OCH3 is 1. The molecule has 1 aliphatic rings. The number of pyridine rings is 2. The number of rotatable bonds is 10. The van der Waals surface area contributed by atoms with Gasteiger partial charge >= 0.3 is 0 Å². The molecule has 11 heteroatoms. The second kappa shape index (κ2) is 12.4. The first-order valence-corrected chi connectivity index (χ1v) is 16.6. The van der Waals surface area contributed by atoms with Crippen LogP contribution in [0.5, 0.6) is 11.5 Å². The number of Topliss-reactive ketones (excluding diaryl/α,β-unsaturated/α-hetero) is 1. The fourth-order valence-corrected chi connectivity index (χ4v) is 6.28. The van der Waals surface area contributed by atoms with Gasteiger partial charge in [-0.15, -0.1) is 0 Å². The van der Waals surface area contributed by atoms with Gasteiger partial charge in [-0.25, -0.2) is 23.3 Å². The highest BCUT2D eigenvalue weighted by molar-refractivity contribution is 7.84. The second-order valence-corrected chi connectivity index (χ2v) is 16.0. The van der Waals surface area contributed by atoms with Crippen molar-refractivity contribution in [1.29, 1.82) is 0 Å². The Morgan fingerprint density at radius 3 is 2.32 bits per heavy atom. The lowest BCUT2D eigenvalue weighted by molar-refractivity contribution is 0.0396. The SMILES string of the molecule is COc1cc(C(=O)CC[C@@](C)(O)c2cc3c(c(-c4ccc(F)cc4)n2)OC[C@@]3(C)NS(=O)C(C)(C)C)cc2ccc(C(C)(C)O)nc12. The normalized spacial score (nSPS) is 18.4. The molecule has 1 unspecified atom stereocenters. The molecule has 0 radical (unpaired) electrons. The molecule has 0 saturated heterocycles. The van der Waals surface area contributed by atoms with Crippen molar-refractivity contribution in [1.82, 2.24) is 14.7 Å². The molecule has 0 bridgehead atoms. The molecule has 3 atom stereocenters. The van der Waals surface area contributed by atoms with Gasteiger partial charge < -0.3 is 19.7 Å². The molecule has 0 amide bonds. The van der Waals surface area contributed by atoms with Crippen molar-refractivity contribution in [3.05, 3.63) is 82.9 Å². The highest BCUT2D eigenvalue weighted by Gasteiger charge is 2.43. The van der Waals surface area contributed by atoms with E-state index in [0.29, 0.717) is 56.2 Å². The average molecular weight is 664 g/mol. The molecule has 250 valence electrons. The number of hydrogen-bond acceptors (Lipinski definition) is 8. The van der Waals surface area contributed by atoms with Crippen molar-refractivity contribution in [2.45, 2.75) is 82.8 Å². The summed E-state index contributed by atoms with van der Waals surface area (Å²) in [6.07, 6.45) is 0.0250. The van der Waals surface area contributed by atoms with Crippen LogP contribution in [0, 0.1) is 5.82 Å². The van der Waals surface area contributed by atoms with E-state index in [0.717, 1.165) is 0 Å². The van der Waals surface area contributed by atoms with Crippen LogP contribution < -0.4 is 14.2 Å². The molecule has 0 fully saturated rings. The highest BCUT2D eigenvalue weighted by Crippen LogP contribution is 2.45. The molecule has 2 aromatic heterocycles. The molecule has 0 aliphatic carbocycles. The maximum Gasteiger partial charge on any atom is 0.163 e. The Labute approximate surface area is 277 Å². The topological polar surface area (TPSA) is 131 Å². The van der Waals surface area contributed by atoms with Crippen LogP contribution in [-0.2, 0) is 27.7 Å². The number of nitrogens with one attached hydrogen (secondary N) is 1. The van der Waals surface area contributed by atoms with E-state index in [9.17, 15) is 23.6 Å². The minimum atomic E-state index is -1.56. The van der Waals surface area contributed by atoms with Crippen molar-refractivity contribution in [3.63, 3.8) is 0 Å². The van der Waals surface area contributed by atoms with Crippen molar-refractivity contribution in [3.8, 4) is 22.8 Å². The monoisotopic (exact) mass is 663 g/mol. The van der Waals surface area contributed by atoms with E-state index in [-0.39, 0.29) is 25.2 Å². The Kier molecular flexibility index (Phi) is 9.08. The van der Waals surface area contributed by atoms with E-state index in [1.54, 1.807) is 63.2 Å². The van der Waals surface area contributed by atoms with Crippen molar-refractivity contribution >= 4 is 27.7 Å². The van der Waals surface area contributed by atoms with Crippen LogP contribution in [0.15, 0.2) is 54.6 Å². The number of fused-ring (bicyclic) bond motifs is 2. The number of nitrogens with zero attached hydrogens (tertiary/aromatic N) is 2. The molecule has 1 aliphatic heterocycles. The van der Waals surface area contributed by atoms with Crippen molar-refractivity contribution < 1.29 is 33.1 Å². The van der Waals surface area contributed by atoms with Gasteiger partial charge in [0.1, 0.15) is 40.6 Å². The number of carbonyl (C=O) groups excluding carboxylic acids is 1. The van der Waals surface area contributed by atoms with Crippen molar-refractivity contribution in [2.24, 2.45) is 0 Å². The number of halogens is 1. The zero-order chi connectivity index (χ0) is 34.5. The molecule has 4 aromatic rings. The average Bonchev–Trinajstić information content (AvgIpc) is 3.33. The van der Waals surface area contributed by atoms with Crippen LogP contribution in [0.4, 0.5) is 4.39 Å². The third-order valence-corrected chi connectivity index (χ3v) is 10.1. The Balaban J connectivity index is 1.48. The summed E-state index contributed by atoms with van der Waals surface area (Å²) in [5, 5.41) is 22.9. The fraction of sp³-hybridized carbons (Fsp3) is 0.417. The summed E-state index contributed by atoms with van der Waals surface area (Å²) < 4.78 is 41.4. The predicted octanol–water partition coefficient (Wildman–Crippen LogP) is 6.20. The summed E-state index contributed by atoms with van der Waals surface area (Å²) in [7, 11) is 0.0541. The van der Waals surface area contributed by atoms with E-state index in [1.165, 1.54) is 19.2 Å². The number of aliphatic hydroxyl groups is 2. The first-order valence-electron chi connectivity index (χ1n) is 15.4. The van der Waals surface area contributed by atoms with E-state index >= 15 is 0 Å². The molecule has 0 spiro atoms. The van der Waals surface area contributed by atoms with Gasteiger partial charge in [-0.05, 0) is 103 Å². The summed E-state index contributed by atoms with van der Waals surface area (Å²) in [5.41, 5.74) is -0.249. The number of aromatic nitrogens is 2. The van der Waals surface area contributed by atoms with Crippen LogP contribution in [0.25, 0.3) is 22.2 Å². The van der Waals surface area contributed by atoms with Crippen LogP contribution >= 0.6 is 0 Å². The first-order chi connectivity index (χ1) is 21.8. The Bertz CT molecular complexity index is 1860. The van der Waals surface area contributed by atoms with Gasteiger partial charge in [-0.3, -0.25) is 4.79 Å². The maximum atomic E-state index is 13.8. The van der Waals surface area contributed by atoms with Crippen LogP contribution in [0.1, 0.15) is 88.6 Å². The third kappa shape index (κ3) is 7.08. The maximum absolute atomic E-state index is 13.8. The van der Waals surface area contributed by atoms with Crippen molar-refractivity contribution in [2.75, 3.05) is 13.7 Å². The summed E-state index contributed by atoms with van der Waals surface area (Å²) in [6.45, 7) is 12.5. The van der Waals surface area contributed by atoms with Gasteiger partial charge in [-0.1, -0.05) is 6.07 Å². The molecular weight excluding hydrogens is 621 g/mol. The lowest BCUT2D eigenvalue weighted by Gasteiger charge is -2.30. The number of hydrogen-bond donors (Lipinski definition) is 3. The lowest BCUT2D eigenvalue weighted by atomic mass is 9.87. The Morgan fingerprint density at radius 2 is 1.70 bits per heavy atom. The number of ether oxygens (including phenoxy) is 2. The summed E-state index contributed by atoms with van der Waals surface area (Å²) in [6, 6.07) is 14.4. The van der Waals surface area contributed by atoms with Crippen LogP contribution in [0.3, 0.4) is 0 Å². The zero-order valence-corrected chi connectivity index (χ0v) is 28.8. The second-order valence-electron chi connectivity index (χ2n) is 14.0. The van der Waals surface area contributed by atoms with E-state index < -0.39 is 38.3 Å². The minimum absolute atomic E-state index is 0.0124. The number of benzene rings is 2. The van der Waals surface area contributed by atoms with Gasteiger partial charge in [0.15, 0.2) is 11.5 Å². The molecular formula is C36H42FN3O6S. The van der Waals surface area contributed by atoms with E-state index in [4.69, 9.17) is 14.5 Å². The van der Waals surface area contributed by atoms with E-state index in [2.05, 4.69) is 9.71 Å². The smallest absolute Gasteiger partial charge is 0.163 e. The van der Waals surface area contributed by atoms with Gasteiger partial charge in [-0.2, -0.15) is 0 Å². The molecule has 5 rings (SSSR count). The molecule has 2 aromatic carbocycles. The van der Waals surface area contributed by atoms with Gasteiger partial charge in [0.25, 0.3) is 0 Å². The number of carbonyl (C=O) groups is 1. The number of ketones is 1. The summed E-state index contributed by atoms with van der Waals surface area (Å²) in [4.78, 5) is 22.9. The molecule has 9 nitrogen and oxygen atoms in total. The lowest BCUT2D eigenvalue weighted by Crippen LogP contribution is -2.47. The Hall–Kier alpha value is -3.77. The van der Waals surface area contributed by atoms with Crippen LogP contribution in [-0.4, -0.2) is 48.6 Å². The standard InChI is InChI=1S/C36H42FN3O6S/c1-33(2,3)47(44)40-35(6)20-46-32-25(35)19-29(39-31(32)21-9-12-24(37)13-10-21)36(7,43)16-15-26(41)23-17-22-11-14-28(34(4,5)42)38-30(22)27(18-23)45-8/h9-14,17-19,40,42-43H,15-16,20H2,1-8H3/t35-,36-,47?/m1/s1. The predicted molar refractivity (Wildman–Crippen MR) is 180 cm³/mol. The van der Waals surface area contributed by atoms with Gasteiger partial charge in [0.05, 0.1) is 39.8 Å². The third-order valence-electron chi connectivity index (χ3n) is 8.38. The highest BCUT2D eigenvalue weighted by atomic mass is 32.2. The fourth-order valence-electron chi connectivity index (χ4n) is 5.39. The van der Waals surface area contributed by atoms with Gasteiger partial charge in [0.2, 0.25) is 0 Å².